The van der Waals surface area contributed by atoms with Crippen molar-refractivity contribution in [1.82, 2.24) is 16.0 Å². The van der Waals surface area contributed by atoms with Crippen LogP contribution in [0.3, 0.4) is 0 Å². The number of nitrogens with one attached hydrogen (secondary N) is 3. The molecule has 7 nitrogen and oxygen atoms in total. The topological polar surface area (TPSA) is 96.5 Å². The fraction of sp³-hybridized carbons (Fsp3) is 0.469. The lowest BCUT2D eigenvalue weighted by Crippen LogP contribution is -2.36. The van der Waals surface area contributed by atoms with Gasteiger partial charge in [-0.25, -0.2) is 4.79 Å². The van der Waals surface area contributed by atoms with Gasteiger partial charge in [0.25, 0.3) is 0 Å². The van der Waals surface area contributed by atoms with E-state index in [0.29, 0.717) is 32.6 Å². The SMILES string of the molecule is CC/C=C\C/C=C\C/C=C\C/C=C\C/C=C\C/C=C\CCC(=O)NCCNCCNC(=O)/C=C/C(=O)OCC. The standard InChI is InChI=1S/C32H49N3O4/c1-3-5-6-7-8-9-10-11-12-13-14-15-16-17-18-19-20-21-22-23-30(36)34-28-26-33-27-29-35-31(37)24-25-32(38)39-4-2/h5-6,8-9,11-12,14-15,17-18,20-21,24-25,33H,3-4,7,10,13,16,19,22-23,26-29H2,1-2H3,(H,34,36)(H,35,37)/b6-5-,9-8-,12-11-,15-14-,18-17-,21-20-,25-24+. The van der Waals surface area contributed by atoms with Crippen LogP contribution in [0, 0.1) is 0 Å². The molecule has 0 aromatic rings. The van der Waals surface area contributed by atoms with Crippen molar-refractivity contribution in [3.05, 3.63) is 85.1 Å². The summed E-state index contributed by atoms with van der Waals surface area (Å²) < 4.78 is 4.70. The van der Waals surface area contributed by atoms with Gasteiger partial charge in [0, 0.05) is 44.8 Å². The van der Waals surface area contributed by atoms with Crippen molar-refractivity contribution in [2.24, 2.45) is 0 Å². The van der Waals surface area contributed by atoms with Gasteiger partial charge in [-0.15, -0.1) is 0 Å². The highest BCUT2D eigenvalue weighted by atomic mass is 16.5. The lowest BCUT2D eigenvalue weighted by molar-refractivity contribution is -0.137. The molecular weight excluding hydrogens is 490 g/mol. The highest BCUT2D eigenvalue weighted by Crippen LogP contribution is 1.97. The molecular formula is C32H49N3O4. The van der Waals surface area contributed by atoms with Crippen LogP contribution in [0.4, 0.5) is 0 Å². The number of allylic oxidation sites excluding steroid dienone is 12. The van der Waals surface area contributed by atoms with E-state index in [4.69, 9.17) is 4.74 Å². The maximum atomic E-state index is 11.9. The van der Waals surface area contributed by atoms with Crippen LogP contribution in [-0.4, -0.2) is 50.6 Å². The fourth-order valence-electron chi connectivity index (χ4n) is 3.02. The molecule has 0 aliphatic rings. The second-order valence-corrected chi connectivity index (χ2v) is 8.43. The van der Waals surface area contributed by atoms with Gasteiger partial charge in [-0.1, -0.05) is 79.8 Å². The first-order valence-corrected chi connectivity index (χ1v) is 14.1. The van der Waals surface area contributed by atoms with Crippen LogP contribution in [-0.2, 0) is 19.1 Å². The minimum Gasteiger partial charge on any atom is -0.463 e. The predicted octanol–water partition coefficient (Wildman–Crippen LogP) is 5.41. The van der Waals surface area contributed by atoms with Gasteiger partial charge in [0.2, 0.25) is 11.8 Å². The molecule has 0 saturated heterocycles. The Bertz CT molecular complexity index is 851. The molecule has 0 fully saturated rings. The monoisotopic (exact) mass is 539 g/mol. The first-order valence-electron chi connectivity index (χ1n) is 14.1. The lowest BCUT2D eigenvalue weighted by Gasteiger charge is -2.07. The molecule has 39 heavy (non-hydrogen) atoms. The smallest absolute Gasteiger partial charge is 0.330 e. The number of carbonyl (C=O) groups is 3. The Morgan fingerprint density at radius 3 is 1.59 bits per heavy atom. The van der Waals surface area contributed by atoms with Crippen molar-refractivity contribution in [3.63, 3.8) is 0 Å². The average Bonchev–Trinajstić information content (AvgIpc) is 2.92. The molecule has 0 aromatic heterocycles. The number of rotatable bonds is 23. The van der Waals surface area contributed by atoms with Gasteiger partial charge in [-0.2, -0.15) is 0 Å². The second kappa shape index (κ2) is 29.1. The van der Waals surface area contributed by atoms with Gasteiger partial charge in [-0.3, -0.25) is 9.59 Å². The van der Waals surface area contributed by atoms with E-state index in [1.54, 1.807) is 6.92 Å². The molecule has 216 valence electrons. The van der Waals surface area contributed by atoms with Gasteiger partial charge in [0.15, 0.2) is 0 Å². The maximum absolute atomic E-state index is 11.9. The van der Waals surface area contributed by atoms with E-state index in [9.17, 15) is 14.4 Å². The van der Waals surface area contributed by atoms with E-state index < -0.39 is 5.97 Å². The zero-order chi connectivity index (χ0) is 28.7. The molecule has 0 aliphatic heterocycles. The molecule has 0 aromatic carbocycles. The number of carbonyl (C=O) groups excluding carboxylic acids is 3. The number of ether oxygens (including phenoxy) is 1. The highest BCUT2D eigenvalue weighted by Gasteiger charge is 1.99. The van der Waals surface area contributed by atoms with Crippen molar-refractivity contribution in [2.75, 3.05) is 32.8 Å². The molecule has 0 heterocycles. The number of hydrogen-bond donors (Lipinski definition) is 3. The Hall–Kier alpha value is -3.45. The van der Waals surface area contributed by atoms with Crippen LogP contribution in [0.2, 0.25) is 0 Å². The third-order valence-electron chi connectivity index (χ3n) is 5.02. The van der Waals surface area contributed by atoms with E-state index in [2.05, 4.69) is 89.7 Å². The molecule has 7 heteroatoms. The summed E-state index contributed by atoms with van der Waals surface area (Å²) in [4.78, 5) is 34.5. The second-order valence-electron chi connectivity index (χ2n) is 8.43. The normalized spacial score (nSPS) is 12.4. The van der Waals surface area contributed by atoms with Gasteiger partial charge in [0.1, 0.15) is 0 Å². The molecule has 0 unspecified atom stereocenters. The highest BCUT2D eigenvalue weighted by molar-refractivity contribution is 5.94. The first kappa shape index (κ1) is 35.5. The zero-order valence-corrected chi connectivity index (χ0v) is 23.9. The van der Waals surface area contributed by atoms with Crippen molar-refractivity contribution in [3.8, 4) is 0 Å². The van der Waals surface area contributed by atoms with E-state index in [-0.39, 0.29) is 18.4 Å². The molecule has 0 saturated carbocycles. The average molecular weight is 540 g/mol. The third-order valence-corrected chi connectivity index (χ3v) is 5.02. The Balaban J connectivity index is 3.60. The van der Waals surface area contributed by atoms with Gasteiger partial charge < -0.3 is 20.7 Å². The quantitative estimate of drug-likeness (QED) is 0.0699. The Morgan fingerprint density at radius 1 is 0.590 bits per heavy atom. The summed E-state index contributed by atoms with van der Waals surface area (Å²) in [6, 6.07) is 0. The van der Waals surface area contributed by atoms with Gasteiger partial charge >= 0.3 is 5.97 Å². The van der Waals surface area contributed by atoms with E-state index in [1.165, 1.54) is 0 Å². The van der Waals surface area contributed by atoms with Crippen LogP contribution in [0.25, 0.3) is 0 Å². The molecule has 2 amide bonds. The summed E-state index contributed by atoms with van der Waals surface area (Å²) in [5.74, 6) is -0.872. The van der Waals surface area contributed by atoms with E-state index in [0.717, 1.165) is 57.1 Å². The maximum Gasteiger partial charge on any atom is 0.330 e. The zero-order valence-electron chi connectivity index (χ0n) is 23.9. The first-order chi connectivity index (χ1) is 19.1. The summed E-state index contributed by atoms with van der Waals surface area (Å²) in [6.45, 7) is 6.24. The summed E-state index contributed by atoms with van der Waals surface area (Å²) in [5.41, 5.74) is 0. The Morgan fingerprint density at radius 2 is 1.08 bits per heavy atom. The minimum absolute atomic E-state index is 0.0220. The molecule has 0 radical (unpaired) electrons. The third kappa shape index (κ3) is 29.0. The molecule has 3 N–H and O–H groups in total. The Labute approximate surface area is 235 Å². The van der Waals surface area contributed by atoms with Crippen LogP contribution in [0.5, 0.6) is 0 Å². The van der Waals surface area contributed by atoms with Crippen LogP contribution >= 0.6 is 0 Å². The molecule has 0 spiro atoms. The Kier molecular flexibility index (Phi) is 26.5. The minimum atomic E-state index is -0.540. The molecule has 0 rings (SSSR count). The summed E-state index contributed by atoms with van der Waals surface area (Å²) in [6.07, 6.45) is 35.3. The number of hydrogen-bond acceptors (Lipinski definition) is 5. The van der Waals surface area contributed by atoms with Crippen molar-refractivity contribution in [2.45, 2.75) is 65.2 Å². The van der Waals surface area contributed by atoms with Crippen LogP contribution in [0.1, 0.15) is 65.2 Å². The summed E-state index contributed by atoms with van der Waals surface area (Å²) in [7, 11) is 0. The molecule has 0 atom stereocenters. The number of amides is 2. The van der Waals surface area contributed by atoms with Crippen molar-refractivity contribution in [1.29, 1.82) is 0 Å². The van der Waals surface area contributed by atoms with Gasteiger partial charge in [-0.05, 0) is 51.9 Å². The van der Waals surface area contributed by atoms with Crippen molar-refractivity contribution >= 4 is 17.8 Å². The van der Waals surface area contributed by atoms with Crippen molar-refractivity contribution < 1.29 is 19.1 Å². The fourth-order valence-corrected chi connectivity index (χ4v) is 3.02. The van der Waals surface area contributed by atoms with E-state index in [1.807, 2.05) is 6.08 Å². The number of esters is 1. The van der Waals surface area contributed by atoms with E-state index >= 15 is 0 Å². The largest absolute Gasteiger partial charge is 0.463 e. The molecule has 0 bridgehead atoms. The summed E-state index contributed by atoms with van der Waals surface area (Å²) in [5, 5.41) is 8.65. The molecule has 0 aliphatic carbocycles. The lowest BCUT2D eigenvalue weighted by atomic mass is 10.2. The summed E-state index contributed by atoms with van der Waals surface area (Å²) >= 11 is 0. The van der Waals surface area contributed by atoms with Gasteiger partial charge in [0.05, 0.1) is 6.61 Å². The van der Waals surface area contributed by atoms with Crippen LogP contribution < -0.4 is 16.0 Å². The van der Waals surface area contributed by atoms with Crippen LogP contribution in [0.15, 0.2) is 85.1 Å². The predicted molar refractivity (Wildman–Crippen MR) is 162 cm³/mol.